The van der Waals surface area contributed by atoms with Crippen LogP contribution in [0.5, 0.6) is 0 Å². The molecule has 1 amide bonds. The highest BCUT2D eigenvalue weighted by Gasteiger charge is 2.38. The molecule has 5 nitrogen and oxygen atoms in total. The Balaban J connectivity index is 1.82. The van der Waals surface area contributed by atoms with E-state index >= 15 is 0 Å². The Morgan fingerprint density at radius 1 is 1.17 bits per heavy atom. The zero-order chi connectivity index (χ0) is 21.6. The second kappa shape index (κ2) is 7.29. The molecule has 0 unspecified atom stereocenters. The van der Waals surface area contributed by atoms with Gasteiger partial charge in [-0.05, 0) is 24.6 Å². The first-order valence-electron chi connectivity index (χ1n) is 8.96. The maximum atomic E-state index is 14.6. The smallest absolute Gasteiger partial charge is 0.338 e. The molecule has 1 aliphatic rings. The summed E-state index contributed by atoms with van der Waals surface area (Å²) in [5.74, 6) is -2.82. The van der Waals surface area contributed by atoms with Crippen molar-refractivity contribution in [3.8, 4) is 11.3 Å². The summed E-state index contributed by atoms with van der Waals surface area (Å²) in [5, 5.41) is 0. The minimum absolute atomic E-state index is 0.0775. The number of aromatic nitrogens is 3. The highest BCUT2D eigenvalue weighted by atomic mass is 19.4. The molecule has 0 N–H and O–H groups in total. The Bertz CT molecular complexity index is 1120. The van der Waals surface area contributed by atoms with Crippen molar-refractivity contribution in [2.45, 2.75) is 25.6 Å². The van der Waals surface area contributed by atoms with Gasteiger partial charge in [0.25, 0.3) is 12.3 Å². The molecule has 11 heteroatoms. The van der Waals surface area contributed by atoms with E-state index in [1.165, 1.54) is 17.0 Å². The maximum absolute atomic E-state index is 14.6. The van der Waals surface area contributed by atoms with Gasteiger partial charge in [0.2, 0.25) is 5.82 Å². The summed E-state index contributed by atoms with van der Waals surface area (Å²) in [6, 6.07) is 4.69. The van der Waals surface area contributed by atoms with Gasteiger partial charge in [-0.2, -0.15) is 13.2 Å². The van der Waals surface area contributed by atoms with Crippen LogP contribution in [0.3, 0.4) is 0 Å². The van der Waals surface area contributed by atoms with Crippen molar-refractivity contribution >= 4 is 16.9 Å². The molecule has 0 radical (unpaired) electrons. The molecule has 2 aromatic heterocycles. The number of hydrogen-bond acceptors (Lipinski definition) is 3. The van der Waals surface area contributed by atoms with E-state index < -0.39 is 36.7 Å². The molecular formula is C19H14F6N4O. The van der Waals surface area contributed by atoms with Crippen molar-refractivity contribution in [2.75, 3.05) is 13.1 Å². The van der Waals surface area contributed by atoms with E-state index in [1.54, 1.807) is 0 Å². The van der Waals surface area contributed by atoms with E-state index in [0.717, 1.165) is 24.8 Å². The third-order valence-corrected chi connectivity index (χ3v) is 4.86. The zero-order valence-electron chi connectivity index (χ0n) is 15.3. The number of halogens is 6. The number of alkyl halides is 5. The average molecular weight is 428 g/mol. The van der Waals surface area contributed by atoms with Gasteiger partial charge in [-0.15, -0.1) is 0 Å². The van der Waals surface area contributed by atoms with Gasteiger partial charge >= 0.3 is 6.18 Å². The van der Waals surface area contributed by atoms with Crippen LogP contribution in [0.25, 0.3) is 22.3 Å². The number of carbonyl (C=O) groups is 1. The Morgan fingerprint density at radius 3 is 2.47 bits per heavy atom. The molecule has 3 heterocycles. The zero-order valence-corrected chi connectivity index (χ0v) is 15.3. The largest absolute Gasteiger partial charge is 0.449 e. The Morgan fingerprint density at radius 2 is 1.90 bits per heavy atom. The van der Waals surface area contributed by atoms with E-state index in [4.69, 9.17) is 0 Å². The van der Waals surface area contributed by atoms with Gasteiger partial charge in [0.15, 0.2) is 0 Å². The van der Waals surface area contributed by atoms with Crippen molar-refractivity contribution in [3.05, 3.63) is 47.7 Å². The van der Waals surface area contributed by atoms with E-state index in [0.29, 0.717) is 17.7 Å². The summed E-state index contributed by atoms with van der Waals surface area (Å²) in [7, 11) is 0. The van der Waals surface area contributed by atoms with E-state index in [1.807, 2.05) is 0 Å². The lowest BCUT2D eigenvalue weighted by molar-refractivity contribution is -0.147. The fourth-order valence-electron chi connectivity index (χ4n) is 3.33. The number of fused-ring (bicyclic) bond motifs is 1. The van der Waals surface area contributed by atoms with Crippen molar-refractivity contribution in [2.24, 2.45) is 0 Å². The lowest BCUT2D eigenvalue weighted by atomic mass is 10.0. The molecule has 0 saturated carbocycles. The van der Waals surface area contributed by atoms with Gasteiger partial charge in [-0.3, -0.25) is 9.78 Å². The first-order chi connectivity index (χ1) is 14.2. The van der Waals surface area contributed by atoms with Crippen LogP contribution in [0.1, 0.15) is 22.6 Å². The number of rotatable bonds is 4. The van der Waals surface area contributed by atoms with Crippen LogP contribution in [0.2, 0.25) is 0 Å². The Hall–Kier alpha value is -3.11. The lowest BCUT2D eigenvalue weighted by Crippen LogP contribution is -2.42. The number of benzene rings is 1. The van der Waals surface area contributed by atoms with Gasteiger partial charge < -0.3 is 9.47 Å². The summed E-state index contributed by atoms with van der Waals surface area (Å²) in [4.78, 5) is 21.2. The lowest BCUT2D eigenvalue weighted by Gasteiger charge is -2.31. The topological polar surface area (TPSA) is 51.0 Å². The molecule has 4 rings (SSSR count). The Labute approximate surface area is 165 Å². The Kier molecular flexibility index (Phi) is 4.91. The normalized spacial score (nSPS) is 14.4. The molecule has 0 bridgehead atoms. The van der Waals surface area contributed by atoms with Crippen LogP contribution in [0.4, 0.5) is 26.3 Å². The van der Waals surface area contributed by atoms with E-state index in [-0.39, 0.29) is 27.9 Å². The molecular weight excluding hydrogens is 414 g/mol. The SMILES string of the molecule is O=C(c1ccc(-c2nccc3c2nc(C(F)(F)F)n3CC(F)F)cc1F)N1CCC1. The average Bonchev–Trinajstić information content (AvgIpc) is 2.98. The van der Waals surface area contributed by atoms with E-state index in [2.05, 4.69) is 9.97 Å². The van der Waals surface area contributed by atoms with Crippen molar-refractivity contribution in [3.63, 3.8) is 0 Å². The second-order valence-corrected chi connectivity index (χ2v) is 6.80. The second-order valence-electron chi connectivity index (χ2n) is 6.80. The van der Waals surface area contributed by atoms with Crippen LogP contribution < -0.4 is 0 Å². The first-order valence-corrected chi connectivity index (χ1v) is 8.96. The van der Waals surface area contributed by atoms with Crippen LogP contribution >= 0.6 is 0 Å². The number of amides is 1. The molecule has 0 aliphatic carbocycles. The van der Waals surface area contributed by atoms with Crippen molar-refractivity contribution < 1.29 is 31.1 Å². The number of pyridine rings is 1. The molecule has 1 aliphatic heterocycles. The summed E-state index contributed by atoms with van der Waals surface area (Å²) >= 11 is 0. The van der Waals surface area contributed by atoms with Crippen LogP contribution in [-0.4, -0.2) is 44.9 Å². The predicted octanol–water partition coefficient (Wildman–Crippen LogP) is 4.37. The van der Waals surface area contributed by atoms with Crippen molar-refractivity contribution in [1.82, 2.24) is 19.4 Å². The third-order valence-electron chi connectivity index (χ3n) is 4.86. The molecule has 30 heavy (non-hydrogen) atoms. The number of hydrogen-bond donors (Lipinski definition) is 0. The van der Waals surface area contributed by atoms with Gasteiger partial charge in [-0.25, -0.2) is 18.2 Å². The maximum Gasteiger partial charge on any atom is 0.449 e. The number of imidazole rings is 1. The highest BCUT2D eigenvalue weighted by Crippen LogP contribution is 2.35. The third kappa shape index (κ3) is 3.48. The molecule has 0 spiro atoms. The molecule has 1 aromatic carbocycles. The van der Waals surface area contributed by atoms with Crippen LogP contribution in [-0.2, 0) is 12.7 Å². The number of carbonyl (C=O) groups excluding carboxylic acids is 1. The van der Waals surface area contributed by atoms with Crippen LogP contribution in [0.15, 0.2) is 30.5 Å². The summed E-state index contributed by atoms with van der Waals surface area (Å²) in [6.07, 6.45) is -6.04. The molecule has 1 saturated heterocycles. The summed E-state index contributed by atoms with van der Waals surface area (Å²) in [5.41, 5.74) is -0.674. The quantitative estimate of drug-likeness (QED) is 0.580. The summed E-state index contributed by atoms with van der Waals surface area (Å²) in [6.45, 7) is -0.141. The van der Waals surface area contributed by atoms with Gasteiger partial charge in [0.05, 0.1) is 23.3 Å². The minimum Gasteiger partial charge on any atom is -0.338 e. The minimum atomic E-state index is -4.97. The number of nitrogens with zero attached hydrogens (tertiary/aromatic N) is 4. The molecule has 0 atom stereocenters. The molecule has 1 fully saturated rings. The predicted molar refractivity (Wildman–Crippen MR) is 94.4 cm³/mol. The van der Waals surface area contributed by atoms with E-state index in [9.17, 15) is 31.1 Å². The van der Waals surface area contributed by atoms with Gasteiger partial charge in [-0.1, -0.05) is 6.07 Å². The molecule has 3 aromatic rings. The molecule has 158 valence electrons. The monoisotopic (exact) mass is 428 g/mol. The van der Waals surface area contributed by atoms with Gasteiger partial charge in [0.1, 0.15) is 11.3 Å². The first kappa shape index (κ1) is 20.2. The highest BCUT2D eigenvalue weighted by molar-refractivity contribution is 5.96. The summed E-state index contributed by atoms with van der Waals surface area (Å²) < 4.78 is 80.7. The van der Waals surface area contributed by atoms with Crippen molar-refractivity contribution in [1.29, 1.82) is 0 Å². The fourth-order valence-corrected chi connectivity index (χ4v) is 3.33. The van der Waals surface area contributed by atoms with Crippen LogP contribution in [0, 0.1) is 5.82 Å². The fraction of sp³-hybridized carbons (Fsp3) is 0.316. The van der Waals surface area contributed by atoms with Gasteiger partial charge in [0, 0.05) is 24.8 Å². The number of likely N-dealkylation sites (tertiary alicyclic amines) is 1. The standard InChI is InChI=1S/C19H14F6N4O/c20-12-8-10(2-3-11(12)17(30)28-6-1-7-28)15-16-13(4-5-26-15)29(9-14(21)22)18(27-16)19(23,24)25/h2-5,8,14H,1,6-7,9H2.